The molecule has 0 bridgehead atoms. The molecule has 29 heavy (non-hydrogen) atoms. The van der Waals surface area contributed by atoms with E-state index in [0.29, 0.717) is 12.2 Å². The van der Waals surface area contributed by atoms with Gasteiger partial charge in [-0.1, -0.05) is 20.8 Å². The lowest BCUT2D eigenvalue weighted by molar-refractivity contribution is -0.124. The van der Waals surface area contributed by atoms with Crippen LogP contribution >= 0.6 is 0 Å². The second-order valence-corrected chi connectivity index (χ2v) is 9.25. The van der Waals surface area contributed by atoms with Crippen LogP contribution in [0.15, 0.2) is 0 Å². The van der Waals surface area contributed by atoms with Crippen molar-refractivity contribution in [2.45, 2.75) is 71.7 Å². The first kappa shape index (κ1) is 21.8. The summed E-state index contributed by atoms with van der Waals surface area (Å²) in [6.07, 6.45) is 4.04. The van der Waals surface area contributed by atoms with Crippen LogP contribution in [-0.4, -0.2) is 59.6 Å². The molecule has 8 nitrogen and oxygen atoms in total. The molecule has 0 aliphatic carbocycles. The predicted molar refractivity (Wildman–Crippen MR) is 110 cm³/mol. The first-order valence-corrected chi connectivity index (χ1v) is 10.6. The molecule has 0 radical (unpaired) electrons. The van der Waals surface area contributed by atoms with Gasteiger partial charge in [0.2, 0.25) is 5.91 Å². The van der Waals surface area contributed by atoms with E-state index < -0.39 is 11.5 Å². The number of aromatic nitrogens is 2. The zero-order chi connectivity index (χ0) is 21.2. The van der Waals surface area contributed by atoms with Crippen LogP contribution in [0.3, 0.4) is 0 Å². The quantitative estimate of drug-likeness (QED) is 0.798. The van der Waals surface area contributed by atoms with E-state index in [1.54, 1.807) is 7.05 Å². The van der Waals surface area contributed by atoms with Crippen LogP contribution in [-0.2, 0) is 22.6 Å². The predicted octanol–water partition coefficient (Wildman–Crippen LogP) is 1.85. The van der Waals surface area contributed by atoms with E-state index in [4.69, 9.17) is 9.72 Å². The van der Waals surface area contributed by atoms with Gasteiger partial charge in [-0.15, -0.1) is 0 Å². The number of fused-ring (bicyclic) bond motifs is 1. The fourth-order valence-electron chi connectivity index (χ4n) is 4.14. The third-order valence-corrected chi connectivity index (χ3v) is 5.78. The number of carbonyl (C=O) groups excluding carboxylic acids is 2. The second kappa shape index (κ2) is 8.83. The van der Waals surface area contributed by atoms with E-state index in [9.17, 15) is 9.59 Å². The number of hydrogen-bond acceptors (Lipinski definition) is 5. The van der Waals surface area contributed by atoms with Crippen LogP contribution in [0, 0.1) is 5.41 Å². The molecule has 1 fully saturated rings. The van der Waals surface area contributed by atoms with E-state index in [-0.39, 0.29) is 17.9 Å². The van der Waals surface area contributed by atoms with Crippen molar-refractivity contribution in [2.75, 3.05) is 27.2 Å². The molecule has 1 aromatic rings. The summed E-state index contributed by atoms with van der Waals surface area (Å²) in [6.45, 7) is 9.01. The van der Waals surface area contributed by atoms with E-state index in [2.05, 4.69) is 27.1 Å². The highest BCUT2D eigenvalue weighted by Gasteiger charge is 2.35. The van der Waals surface area contributed by atoms with Gasteiger partial charge < -0.3 is 24.8 Å². The normalized spacial score (nSPS) is 21.8. The summed E-state index contributed by atoms with van der Waals surface area (Å²) in [5.41, 5.74) is 0.913. The number of hydrogen-bond donors (Lipinski definition) is 2. The fourth-order valence-corrected chi connectivity index (χ4v) is 4.14. The SMILES string of the molecule is CNC(=O)C(NC(=O)c1nc(C2CCCCO2)n2c1CN(C)CCC2)C(C)(C)C. The summed E-state index contributed by atoms with van der Waals surface area (Å²) in [5.74, 6) is 0.353. The number of imidazole rings is 1. The highest BCUT2D eigenvalue weighted by Crippen LogP contribution is 2.31. The minimum Gasteiger partial charge on any atom is -0.370 e. The smallest absolute Gasteiger partial charge is 0.272 e. The molecule has 8 heteroatoms. The zero-order valence-corrected chi connectivity index (χ0v) is 18.4. The lowest BCUT2D eigenvalue weighted by Crippen LogP contribution is -2.53. The third kappa shape index (κ3) is 4.80. The number of nitrogens with zero attached hydrogens (tertiary/aromatic N) is 3. The fraction of sp³-hybridized carbons (Fsp3) is 0.762. The maximum atomic E-state index is 13.3. The van der Waals surface area contributed by atoms with Gasteiger partial charge in [-0.3, -0.25) is 9.59 Å². The molecule has 0 saturated carbocycles. The zero-order valence-electron chi connectivity index (χ0n) is 18.4. The van der Waals surface area contributed by atoms with Crippen LogP contribution in [0.2, 0.25) is 0 Å². The Hall–Kier alpha value is -1.93. The van der Waals surface area contributed by atoms with Crippen LogP contribution in [0.1, 0.15) is 74.6 Å². The molecule has 3 rings (SSSR count). The Labute approximate surface area is 173 Å². The summed E-state index contributed by atoms with van der Waals surface area (Å²) in [5, 5.41) is 5.60. The monoisotopic (exact) mass is 405 g/mol. The summed E-state index contributed by atoms with van der Waals surface area (Å²) >= 11 is 0. The standard InChI is InChI=1S/C21H35N5O3/c1-21(2,3)17(20(28)22-4)24-19(27)16-14-13-25(5)10-8-11-26(14)18(23-16)15-9-6-7-12-29-15/h15,17H,6-13H2,1-5H3,(H,22,28)(H,24,27). The third-order valence-electron chi connectivity index (χ3n) is 5.78. The molecule has 0 aromatic carbocycles. The lowest BCUT2D eigenvalue weighted by Gasteiger charge is -2.29. The number of carbonyl (C=O) groups is 2. The molecule has 162 valence electrons. The molecule has 0 spiro atoms. The Kier molecular flexibility index (Phi) is 6.63. The average molecular weight is 406 g/mol. The molecule has 2 amide bonds. The molecule has 2 aliphatic heterocycles. The van der Waals surface area contributed by atoms with Gasteiger partial charge in [0, 0.05) is 26.7 Å². The van der Waals surface area contributed by atoms with E-state index in [1.165, 1.54) is 0 Å². The van der Waals surface area contributed by atoms with Crippen molar-refractivity contribution in [1.29, 1.82) is 0 Å². The van der Waals surface area contributed by atoms with Crippen LogP contribution in [0.4, 0.5) is 0 Å². The van der Waals surface area contributed by atoms with Crippen LogP contribution in [0.25, 0.3) is 0 Å². The Morgan fingerprint density at radius 2 is 1.97 bits per heavy atom. The van der Waals surface area contributed by atoms with Crippen molar-refractivity contribution >= 4 is 11.8 Å². The number of nitrogens with one attached hydrogen (secondary N) is 2. The molecular weight excluding hydrogens is 370 g/mol. The minimum absolute atomic E-state index is 0.0650. The first-order valence-electron chi connectivity index (χ1n) is 10.6. The Bertz CT molecular complexity index is 746. The van der Waals surface area contributed by atoms with Gasteiger partial charge in [-0.25, -0.2) is 4.98 Å². The molecule has 2 atom stereocenters. The van der Waals surface area contributed by atoms with Crippen molar-refractivity contribution in [1.82, 2.24) is 25.1 Å². The van der Waals surface area contributed by atoms with Crippen molar-refractivity contribution in [3.05, 3.63) is 17.2 Å². The summed E-state index contributed by atoms with van der Waals surface area (Å²) in [6, 6.07) is -0.643. The van der Waals surface area contributed by atoms with Crippen LogP contribution < -0.4 is 10.6 Å². The molecule has 2 unspecified atom stereocenters. The molecule has 3 heterocycles. The van der Waals surface area contributed by atoms with E-state index in [0.717, 1.165) is 56.9 Å². The Morgan fingerprint density at radius 3 is 2.59 bits per heavy atom. The van der Waals surface area contributed by atoms with Gasteiger partial charge >= 0.3 is 0 Å². The number of ether oxygens (including phenoxy) is 1. The van der Waals surface area contributed by atoms with Crippen molar-refractivity contribution in [2.24, 2.45) is 5.41 Å². The highest BCUT2D eigenvalue weighted by atomic mass is 16.5. The number of rotatable bonds is 4. The molecule has 2 aliphatic rings. The Balaban J connectivity index is 1.96. The first-order chi connectivity index (χ1) is 13.7. The number of amides is 2. The van der Waals surface area contributed by atoms with Gasteiger partial charge in [0.15, 0.2) is 5.69 Å². The average Bonchev–Trinajstić information content (AvgIpc) is 2.92. The topological polar surface area (TPSA) is 88.5 Å². The van der Waals surface area contributed by atoms with Gasteiger partial charge in [-0.2, -0.15) is 0 Å². The second-order valence-electron chi connectivity index (χ2n) is 9.25. The highest BCUT2D eigenvalue weighted by molar-refractivity contribution is 5.97. The van der Waals surface area contributed by atoms with Crippen LogP contribution in [0.5, 0.6) is 0 Å². The lowest BCUT2D eigenvalue weighted by atomic mass is 9.86. The van der Waals surface area contributed by atoms with Gasteiger partial charge in [0.1, 0.15) is 18.0 Å². The molecule has 1 saturated heterocycles. The largest absolute Gasteiger partial charge is 0.370 e. The van der Waals surface area contributed by atoms with E-state index >= 15 is 0 Å². The summed E-state index contributed by atoms with van der Waals surface area (Å²) < 4.78 is 8.17. The summed E-state index contributed by atoms with van der Waals surface area (Å²) in [7, 11) is 3.65. The van der Waals surface area contributed by atoms with Gasteiger partial charge in [-0.05, 0) is 44.7 Å². The number of likely N-dealkylation sites (N-methyl/N-ethyl adjacent to an activating group) is 1. The molecule has 2 N–H and O–H groups in total. The maximum absolute atomic E-state index is 13.3. The molecule has 1 aromatic heterocycles. The minimum atomic E-state index is -0.643. The van der Waals surface area contributed by atoms with Crippen molar-refractivity contribution in [3.63, 3.8) is 0 Å². The Morgan fingerprint density at radius 1 is 1.21 bits per heavy atom. The maximum Gasteiger partial charge on any atom is 0.272 e. The summed E-state index contributed by atoms with van der Waals surface area (Å²) in [4.78, 5) is 32.7. The van der Waals surface area contributed by atoms with E-state index in [1.807, 2.05) is 20.8 Å². The van der Waals surface area contributed by atoms with Crippen molar-refractivity contribution < 1.29 is 14.3 Å². The molecular formula is C21H35N5O3. The van der Waals surface area contributed by atoms with Gasteiger partial charge in [0.05, 0.1) is 5.69 Å². The van der Waals surface area contributed by atoms with Gasteiger partial charge in [0.25, 0.3) is 5.91 Å². The van der Waals surface area contributed by atoms with Crippen molar-refractivity contribution in [3.8, 4) is 0 Å².